The molecule has 0 unspecified atom stereocenters. The Hall–Kier alpha value is -2.54. The minimum absolute atomic E-state index is 0.124. The van der Waals surface area contributed by atoms with E-state index in [2.05, 4.69) is 5.32 Å². The van der Waals surface area contributed by atoms with E-state index in [4.69, 9.17) is 4.74 Å². The highest BCUT2D eigenvalue weighted by atomic mass is 32.2. The van der Waals surface area contributed by atoms with Gasteiger partial charge < -0.3 is 10.1 Å². The lowest BCUT2D eigenvalue weighted by Gasteiger charge is -2.22. The number of carbonyl (C=O) groups is 1. The van der Waals surface area contributed by atoms with Crippen molar-refractivity contribution in [3.63, 3.8) is 0 Å². The van der Waals surface area contributed by atoms with Crippen LogP contribution in [0.15, 0.2) is 53.4 Å². The second-order valence-corrected chi connectivity index (χ2v) is 9.65. The van der Waals surface area contributed by atoms with Crippen molar-refractivity contribution in [1.82, 2.24) is 5.32 Å². The maximum absolute atomic E-state index is 13.0. The molecule has 0 bridgehead atoms. The molecule has 1 aliphatic rings. The SMILES string of the molecule is COc1ccccc1N(C)S(=O)(=O)c1ccc(C(=O)NC2CCCCCCC2)cc1. The van der Waals surface area contributed by atoms with E-state index in [-0.39, 0.29) is 16.8 Å². The van der Waals surface area contributed by atoms with Crippen LogP contribution >= 0.6 is 0 Å². The van der Waals surface area contributed by atoms with Crippen LogP contribution in [0.5, 0.6) is 5.75 Å². The lowest BCUT2D eigenvalue weighted by atomic mass is 9.96. The average molecular weight is 431 g/mol. The normalized spacial score (nSPS) is 15.7. The van der Waals surface area contributed by atoms with E-state index in [0.717, 1.165) is 25.7 Å². The Morgan fingerprint density at radius 3 is 2.20 bits per heavy atom. The molecule has 7 heteroatoms. The number of para-hydroxylation sites is 2. The van der Waals surface area contributed by atoms with Gasteiger partial charge in [-0.15, -0.1) is 0 Å². The van der Waals surface area contributed by atoms with Crippen molar-refractivity contribution in [3.8, 4) is 5.75 Å². The van der Waals surface area contributed by atoms with Crippen LogP contribution in [0.1, 0.15) is 55.3 Å². The summed E-state index contributed by atoms with van der Waals surface area (Å²) in [6, 6.07) is 13.2. The van der Waals surface area contributed by atoms with Gasteiger partial charge in [0, 0.05) is 18.7 Å². The number of hydrogen-bond donors (Lipinski definition) is 1. The summed E-state index contributed by atoms with van der Waals surface area (Å²) in [5, 5.41) is 3.11. The monoisotopic (exact) mass is 430 g/mol. The Labute approximate surface area is 179 Å². The van der Waals surface area contributed by atoms with Gasteiger partial charge in [0.15, 0.2) is 0 Å². The molecule has 0 heterocycles. The van der Waals surface area contributed by atoms with Crippen molar-refractivity contribution in [2.75, 3.05) is 18.5 Å². The standard InChI is InChI=1S/C23H30N2O4S/c1-25(21-12-8-9-13-22(21)29-2)30(27,28)20-16-14-18(15-17-20)23(26)24-19-10-6-4-3-5-7-11-19/h8-9,12-17,19H,3-7,10-11H2,1-2H3,(H,24,26). The van der Waals surface area contributed by atoms with Gasteiger partial charge in [0.2, 0.25) is 0 Å². The third-order valence-electron chi connectivity index (χ3n) is 5.64. The Kier molecular flexibility index (Phi) is 7.37. The molecular weight excluding hydrogens is 400 g/mol. The van der Waals surface area contributed by atoms with Crippen LogP contribution in [0.2, 0.25) is 0 Å². The Morgan fingerprint density at radius 2 is 1.57 bits per heavy atom. The van der Waals surface area contributed by atoms with Gasteiger partial charge in [-0.2, -0.15) is 0 Å². The molecule has 0 spiro atoms. The number of nitrogens with zero attached hydrogens (tertiary/aromatic N) is 1. The van der Waals surface area contributed by atoms with E-state index in [0.29, 0.717) is 17.0 Å². The van der Waals surface area contributed by atoms with Crippen LogP contribution < -0.4 is 14.4 Å². The first-order valence-electron chi connectivity index (χ1n) is 10.5. The lowest BCUT2D eigenvalue weighted by Crippen LogP contribution is -2.35. The number of nitrogens with one attached hydrogen (secondary N) is 1. The van der Waals surface area contributed by atoms with E-state index < -0.39 is 10.0 Å². The van der Waals surface area contributed by atoms with Gasteiger partial charge in [0.05, 0.1) is 17.7 Å². The highest BCUT2D eigenvalue weighted by Crippen LogP contribution is 2.30. The van der Waals surface area contributed by atoms with Crippen LogP contribution in [-0.2, 0) is 10.0 Å². The molecule has 2 aromatic rings. The molecule has 3 rings (SSSR count). The smallest absolute Gasteiger partial charge is 0.264 e. The quantitative estimate of drug-likeness (QED) is 0.739. The maximum atomic E-state index is 13.0. The second-order valence-electron chi connectivity index (χ2n) is 7.68. The third kappa shape index (κ3) is 5.14. The molecule has 1 aliphatic carbocycles. The van der Waals surface area contributed by atoms with Crippen LogP contribution in [0.4, 0.5) is 5.69 Å². The fraction of sp³-hybridized carbons (Fsp3) is 0.435. The summed E-state index contributed by atoms with van der Waals surface area (Å²) in [4.78, 5) is 12.7. The number of sulfonamides is 1. The molecule has 0 aromatic heterocycles. The summed E-state index contributed by atoms with van der Waals surface area (Å²) in [6.07, 6.45) is 8.00. The number of carbonyl (C=O) groups excluding carboxylic acids is 1. The van der Waals surface area contributed by atoms with E-state index >= 15 is 0 Å². The van der Waals surface area contributed by atoms with Crippen molar-refractivity contribution in [3.05, 3.63) is 54.1 Å². The lowest BCUT2D eigenvalue weighted by molar-refractivity contribution is 0.0930. The van der Waals surface area contributed by atoms with Crippen LogP contribution in [0, 0.1) is 0 Å². The third-order valence-corrected chi connectivity index (χ3v) is 7.43. The van der Waals surface area contributed by atoms with E-state index in [1.165, 1.54) is 49.9 Å². The molecule has 162 valence electrons. The van der Waals surface area contributed by atoms with Gasteiger partial charge in [-0.25, -0.2) is 8.42 Å². The van der Waals surface area contributed by atoms with Gasteiger partial charge in [-0.05, 0) is 49.2 Å². The Balaban J connectivity index is 1.73. The average Bonchev–Trinajstić information content (AvgIpc) is 2.75. The fourth-order valence-corrected chi connectivity index (χ4v) is 5.03. The molecular formula is C23H30N2O4S. The molecule has 1 amide bonds. The summed E-state index contributed by atoms with van der Waals surface area (Å²) >= 11 is 0. The number of anilines is 1. The van der Waals surface area contributed by atoms with Crippen molar-refractivity contribution in [2.45, 2.75) is 55.9 Å². The number of methoxy groups -OCH3 is 1. The number of hydrogen-bond acceptors (Lipinski definition) is 4. The molecule has 0 saturated heterocycles. The molecule has 1 N–H and O–H groups in total. The van der Waals surface area contributed by atoms with Gasteiger partial charge >= 0.3 is 0 Å². The first kappa shape index (κ1) is 22.2. The maximum Gasteiger partial charge on any atom is 0.264 e. The highest BCUT2D eigenvalue weighted by molar-refractivity contribution is 7.92. The summed E-state index contributed by atoms with van der Waals surface area (Å²) in [5.41, 5.74) is 0.919. The van der Waals surface area contributed by atoms with Crippen LogP contribution in [-0.4, -0.2) is 34.5 Å². The summed E-state index contributed by atoms with van der Waals surface area (Å²) in [5.74, 6) is 0.321. The van der Waals surface area contributed by atoms with E-state index in [1.807, 2.05) is 0 Å². The molecule has 1 fully saturated rings. The van der Waals surface area contributed by atoms with Crippen molar-refractivity contribution in [1.29, 1.82) is 0 Å². The van der Waals surface area contributed by atoms with E-state index in [9.17, 15) is 13.2 Å². The number of benzene rings is 2. The van der Waals surface area contributed by atoms with Gasteiger partial charge in [0.25, 0.3) is 15.9 Å². The molecule has 2 aromatic carbocycles. The van der Waals surface area contributed by atoms with Crippen molar-refractivity contribution < 1.29 is 17.9 Å². The summed E-state index contributed by atoms with van der Waals surface area (Å²) in [6.45, 7) is 0. The molecule has 30 heavy (non-hydrogen) atoms. The topological polar surface area (TPSA) is 75.7 Å². The van der Waals surface area contributed by atoms with Gasteiger partial charge in [-0.1, -0.05) is 44.2 Å². The minimum Gasteiger partial charge on any atom is -0.495 e. The number of rotatable bonds is 6. The van der Waals surface area contributed by atoms with Crippen molar-refractivity contribution in [2.24, 2.45) is 0 Å². The molecule has 0 atom stereocenters. The zero-order valence-corrected chi connectivity index (χ0v) is 18.5. The minimum atomic E-state index is -3.78. The van der Waals surface area contributed by atoms with Gasteiger partial charge in [-0.3, -0.25) is 9.10 Å². The fourth-order valence-electron chi connectivity index (χ4n) is 3.82. The summed E-state index contributed by atoms with van der Waals surface area (Å²) < 4.78 is 32.5. The van der Waals surface area contributed by atoms with Crippen LogP contribution in [0.25, 0.3) is 0 Å². The van der Waals surface area contributed by atoms with Crippen molar-refractivity contribution >= 4 is 21.6 Å². The Bertz CT molecular complexity index is 949. The van der Waals surface area contributed by atoms with Gasteiger partial charge in [0.1, 0.15) is 5.75 Å². The Morgan fingerprint density at radius 1 is 0.967 bits per heavy atom. The zero-order valence-electron chi connectivity index (χ0n) is 17.6. The predicted octanol–water partition coefficient (Wildman–Crippen LogP) is 4.36. The largest absolute Gasteiger partial charge is 0.495 e. The summed E-state index contributed by atoms with van der Waals surface area (Å²) in [7, 11) is -0.790. The van der Waals surface area contributed by atoms with Crippen LogP contribution in [0.3, 0.4) is 0 Å². The molecule has 0 radical (unpaired) electrons. The number of amides is 1. The predicted molar refractivity (Wildman–Crippen MR) is 119 cm³/mol. The molecule has 0 aliphatic heterocycles. The zero-order chi connectivity index (χ0) is 21.6. The molecule has 6 nitrogen and oxygen atoms in total. The first-order valence-corrected chi connectivity index (χ1v) is 11.9. The number of ether oxygens (including phenoxy) is 1. The first-order chi connectivity index (χ1) is 14.4. The second kappa shape index (κ2) is 9.98. The van der Waals surface area contributed by atoms with E-state index in [1.54, 1.807) is 36.4 Å². The highest BCUT2D eigenvalue weighted by Gasteiger charge is 2.24. The molecule has 1 saturated carbocycles.